The van der Waals surface area contributed by atoms with Crippen molar-refractivity contribution in [2.75, 3.05) is 12.3 Å². The van der Waals surface area contributed by atoms with Gasteiger partial charge in [0.15, 0.2) is 0 Å². The summed E-state index contributed by atoms with van der Waals surface area (Å²) in [5, 5.41) is 0. The van der Waals surface area contributed by atoms with Crippen molar-refractivity contribution < 1.29 is 8.42 Å². The summed E-state index contributed by atoms with van der Waals surface area (Å²) in [5.74, 6) is 0.00694. The molecule has 0 aromatic heterocycles. The highest BCUT2D eigenvalue weighted by Gasteiger charge is 1.98. The van der Waals surface area contributed by atoms with Crippen LogP contribution in [0.15, 0.2) is 0 Å². The van der Waals surface area contributed by atoms with Crippen LogP contribution >= 0.6 is 14.8 Å². The standard InChI is InChI=1S/C2H6BrNO2S/c3-7(5,6)2-1-4/h1-2,4H2. The van der Waals surface area contributed by atoms with E-state index in [1.807, 2.05) is 0 Å². The van der Waals surface area contributed by atoms with E-state index in [1.54, 1.807) is 0 Å². The molecular weight excluding hydrogens is 182 g/mol. The van der Waals surface area contributed by atoms with Crippen LogP contribution < -0.4 is 5.73 Å². The summed E-state index contributed by atoms with van der Waals surface area (Å²) in [5.41, 5.74) is 4.91. The Morgan fingerprint density at radius 3 is 2.00 bits per heavy atom. The van der Waals surface area contributed by atoms with Crippen molar-refractivity contribution in [2.24, 2.45) is 5.73 Å². The van der Waals surface area contributed by atoms with Crippen molar-refractivity contribution in [2.45, 2.75) is 0 Å². The molecule has 5 heteroatoms. The monoisotopic (exact) mass is 187 g/mol. The summed E-state index contributed by atoms with van der Waals surface area (Å²) in [4.78, 5) is 0. The lowest BCUT2D eigenvalue weighted by Crippen LogP contribution is -2.09. The Morgan fingerprint density at radius 1 is 1.57 bits per heavy atom. The van der Waals surface area contributed by atoms with Crippen molar-refractivity contribution in [1.82, 2.24) is 0 Å². The largest absolute Gasteiger partial charge is 0.329 e. The van der Waals surface area contributed by atoms with Gasteiger partial charge in [-0.1, -0.05) is 0 Å². The fourth-order valence-corrected chi connectivity index (χ4v) is 0.983. The quantitative estimate of drug-likeness (QED) is 0.603. The van der Waals surface area contributed by atoms with Gasteiger partial charge < -0.3 is 5.73 Å². The third kappa shape index (κ3) is 6.39. The van der Waals surface area contributed by atoms with E-state index in [2.05, 4.69) is 14.8 Å². The topological polar surface area (TPSA) is 60.2 Å². The van der Waals surface area contributed by atoms with Crippen molar-refractivity contribution >= 4 is 23.1 Å². The first-order valence-electron chi connectivity index (χ1n) is 1.68. The van der Waals surface area contributed by atoms with Crippen molar-refractivity contribution in [3.8, 4) is 0 Å². The molecule has 7 heavy (non-hydrogen) atoms. The zero-order valence-corrected chi connectivity index (χ0v) is 6.00. The van der Waals surface area contributed by atoms with E-state index in [0.717, 1.165) is 0 Å². The van der Waals surface area contributed by atoms with Crippen LogP contribution in [0.25, 0.3) is 0 Å². The van der Waals surface area contributed by atoms with Crippen LogP contribution in [0.2, 0.25) is 0 Å². The van der Waals surface area contributed by atoms with Gasteiger partial charge in [0, 0.05) is 6.54 Å². The number of rotatable bonds is 2. The van der Waals surface area contributed by atoms with Gasteiger partial charge in [-0.2, -0.15) is 0 Å². The van der Waals surface area contributed by atoms with E-state index in [0.29, 0.717) is 0 Å². The molecule has 0 fully saturated rings. The van der Waals surface area contributed by atoms with Crippen molar-refractivity contribution in [3.05, 3.63) is 0 Å². The molecule has 0 aliphatic rings. The molecule has 0 unspecified atom stereocenters. The first kappa shape index (κ1) is 7.39. The van der Waals surface area contributed by atoms with Gasteiger partial charge in [-0.15, -0.1) is 0 Å². The van der Waals surface area contributed by atoms with Crippen LogP contribution in [-0.4, -0.2) is 20.7 Å². The van der Waals surface area contributed by atoms with E-state index >= 15 is 0 Å². The Balaban J connectivity index is 3.60. The average molecular weight is 188 g/mol. The average Bonchev–Trinajstić information content (AvgIpc) is 1.30. The van der Waals surface area contributed by atoms with E-state index in [9.17, 15) is 8.42 Å². The van der Waals surface area contributed by atoms with Crippen LogP contribution in [-0.2, 0) is 8.27 Å². The van der Waals surface area contributed by atoms with E-state index in [-0.39, 0.29) is 12.3 Å². The highest BCUT2D eigenvalue weighted by Crippen LogP contribution is 1.96. The van der Waals surface area contributed by atoms with Gasteiger partial charge in [0.25, 0.3) is 0 Å². The molecule has 0 bridgehead atoms. The first-order chi connectivity index (χ1) is 3.06. The lowest BCUT2D eigenvalue weighted by atomic mass is 10.8. The van der Waals surface area contributed by atoms with Crippen LogP contribution in [0.5, 0.6) is 0 Å². The summed E-state index contributed by atoms with van der Waals surface area (Å²) < 4.78 is 20.1. The van der Waals surface area contributed by atoms with E-state index in [1.165, 1.54) is 0 Å². The minimum atomic E-state index is -2.99. The lowest BCUT2D eigenvalue weighted by molar-refractivity contribution is 0.611. The SMILES string of the molecule is NCCS(=O)(=O)Br. The van der Waals surface area contributed by atoms with Crippen molar-refractivity contribution in [3.63, 3.8) is 0 Å². The minimum absolute atomic E-state index is 0.00694. The summed E-state index contributed by atoms with van der Waals surface area (Å²) >= 11 is 2.43. The van der Waals surface area contributed by atoms with Gasteiger partial charge in [0.05, 0.1) is 20.6 Å². The highest BCUT2D eigenvalue weighted by atomic mass is 79.9. The van der Waals surface area contributed by atoms with Crippen LogP contribution in [0.3, 0.4) is 0 Å². The van der Waals surface area contributed by atoms with Gasteiger partial charge in [-0.25, -0.2) is 8.42 Å². The Kier molecular flexibility index (Phi) is 2.78. The molecular formula is C2H6BrNO2S. The van der Waals surface area contributed by atoms with Crippen LogP contribution in [0.4, 0.5) is 0 Å². The molecule has 0 aromatic carbocycles. The molecule has 3 nitrogen and oxygen atoms in total. The Hall–Kier alpha value is 0.390. The molecule has 2 N–H and O–H groups in total. The zero-order chi connectivity index (χ0) is 5.91. The Labute approximate surface area is 50.0 Å². The van der Waals surface area contributed by atoms with Crippen molar-refractivity contribution in [1.29, 1.82) is 0 Å². The molecule has 0 spiro atoms. The Morgan fingerprint density at radius 2 is 2.00 bits per heavy atom. The molecule has 0 heterocycles. The normalized spacial score (nSPS) is 11.7. The first-order valence-corrected chi connectivity index (χ1v) is 5.18. The molecule has 0 aliphatic carbocycles. The summed E-state index contributed by atoms with van der Waals surface area (Å²) in [6, 6.07) is 0. The van der Waals surface area contributed by atoms with Crippen LogP contribution in [0.1, 0.15) is 0 Å². The molecule has 0 saturated carbocycles. The molecule has 0 rings (SSSR count). The molecule has 0 amide bonds. The predicted octanol–water partition coefficient (Wildman–Crippen LogP) is -0.330. The third-order valence-corrected chi connectivity index (χ3v) is 2.06. The maximum atomic E-state index is 10.1. The second kappa shape index (κ2) is 2.64. The lowest BCUT2D eigenvalue weighted by Gasteiger charge is -1.85. The molecule has 0 radical (unpaired) electrons. The second-order valence-electron chi connectivity index (χ2n) is 1.03. The second-order valence-corrected chi connectivity index (χ2v) is 5.48. The molecule has 44 valence electrons. The van der Waals surface area contributed by atoms with E-state index < -0.39 is 8.27 Å². The number of nitrogens with two attached hydrogens (primary N) is 1. The number of halogens is 1. The molecule has 0 saturated heterocycles. The summed E-state index contributed by atoms with van der Waals surface area (Å²) in [6.45, 7) is 0.174. The van der Waals surface area contributed by atoms with E-state index in [4.69, 9.17) is 5.73 Å². The summed E-state index contributed by atoms with van der Waals surface area (Å²) in [7, 11) is -2.99. The summed E-state index contributed by atoms with van der Waals surface area (Å²) in [6.07, 6.45) is 0. The van der Waals surface area contributed by atoms with Gasteiger partial charge in [0.1, 0.15) is 0 Å². The van der Waals surface area contributed by atoms with Gasteiger partial charge in [-0.05, 0) is 0 Å². The van der Waals surface area contributed by atoms with Gasteiger partial charge in [0.2, 0.25) is 8.27 Å². The maximum Gasteiger partial charge on any atom is 0.210 e. The number of hydrogen-bond acceptors (Lipinski definition) is 3. The number of hydrogen-bond donors (Lipinski definition) is 1. The molecule has 0 aromatic rings. The minimum Gasteiger partial charge on any atom is -0.329 e. The van der Waals surface area contributed by atoms with Gasteiger partial charge >= 0.3 is 0 Å². The fourth-order valence-electron chi connectivity index (χ4n) is 0.141. The molecule has 0 atom stereocenters. The maximum absolute atomic E-state index is 10.1. The predicted molar refractivity (Wildman–Crippen MR) is 31.8 cm³/mol. The smallest absolute Gasteiger partial charge is 0.210 e. The molecule has 0 aliphatic heterocycles. The van der Waals surface area contributed by atoms with Crippen LogP contribution in [0, 0.1) is 0 Å². The zero-order valence-electron chi connectivity index (χ0n) is 3.59. The highest BCUT2D eigenvalue weighted by molar-refractivity contribution is 9.47. The van der Waals surface area contributed by atoms with Gasteiger partial charge in [-0.3, -0.25) is 0 Å². The third-order valence-electron chi connectivity index (χ3n) is 0.362. The Bertz CT molecular complexity index is 129. The fraction of sp³-hybridized carbons (Fsp3) is 1.00.